The molecule has 0 N–H and O–H groups in total. The van der Waals surface area contributed by atoms with Crippen molar-refractivity contribution in [1.29, 1.82) is 0 Å². The second-order valence-corrected chi connectivity index (χ2v) is 4.41. The zero-order valence-corrected chi connectivity index (χ0v) is 8.26. The van der Waals surface area contributed by atoms with Gasteiger partial charge in [0.25, 0.3) is 0 Å². The molecular weight excluding hydrogens is 146 g/mol. The van der Waals surface area contributed by atoms with E-state index in [0.29, 0.717) is 0 Å². The van der Waals surface area contributed by atoms with Gasteiger partial charge in [-0.3, -0.25) is 4.90 Å². The van der Waals surface area contributed by atoms with E-state index in [0.717, 1.165) is 12.1 Å². The van der Waals surface area contributed by atoms with Gasteiger partial charge >= 0.3 is 0 Å². The minimum Gasteiger partial charge on any atom is -0.297 e. The Morgan fingerprint density at radius 2 is 2.17 bits per heavy atom. The minimum atomic E-state index is 0.970. The first-order valence-electron chi connectivity index (χ1n) is 5.67. The van der Waals surface area contributed by atoms with E-state index in [2.05, 4.69) is 11.8 Å². The van der Waals surface area contributed by atoms with Gasteiger partial charge in [0.15, 0.2) is 0 Å². The third-order valence-corrected chi connectivity index (χ3v) is 3.62. The molecule has 1 nitrogen and oxygen atoms in total. The number of nitrogens with zero attached hydrogens (tertiary/aromatic N) is 1. The Morgan fingerprint density at radius 3 is 3.00 bits per heavy atom. The molecule has 2 saturated heterocycles. The highest BCUT2D eigenvalue weighted by Gasteiger charge is 2.35. The lowest BCUT2D eigenvalue weighted by molar-refractivity contribution is 0.232. The van der Waals surface area contributed by atoms with Gasteiger partial charge < -0.3 is 0 Å². The van der Waals surface area contributed by atoms with Crippen LogP contribution in [0, 0.1) is 0 Å². The lowest BCUT2D eigenvalue weighted by Gasteiger charge is -2.23. The second kappa shape index (κ2) is 3.78. The van der Waals surface area contributed by atoms with Crippen molar-refractivity contribution >= 4 is 0 Å². The topological polar surface area (TPSA) is 3.24 Å². The number of unbranched alkanes of at least 4 members (excludes halogenated alkanes) is 1. The van der Waals surface area contributed by atoms with E-state index >= 15 is 0 Å². The van der Waals surface area contributed by atoms with Crippen LogP contribution in [-0.2, 0) is 0 Å². The Kier molecular flexibility index (Phi) is 2.69. The Hall–Kier alpha value is -0.0400. The SMILES string of the molecule is CCCCC1CCC2CCCN12. The predicted molar refractivity (Wildman–Crippen MR) is 52.3 cm³/mol. The molecule has 2 atom stereocenters. The highest BCUT2D eigenvalue weighted by molar-refractivity contribution is 4.91. The molecule has 2 fully saturated rings. The number of rotatable bonds is 3. The quantitative estimate of drug-likeness (QED) is 0.624. The monoisotopic (exact) mass is 167 g/mol. The minimum absolute atomic E-state index is 0.970. The highest BCUT2D eigenvalue weighted by Crippen LogP contribution is 2.34. The summed E-state index contributed by atoms with van der Waals surface area (Å²) in [7, 11) is 0. The van der Waals surface area contributed by atoms with Crippen LogP contribution in [0.5, 0.6) is 0 Å². The first-order valence-corrected chi connectivity index (χ1v) is 5.67. The lowest BCUT2D eigenvalue weighted by atomic mass is 10.1. The molecule has 2 rings (SSSR count). The molecule has 1 heteroatoms. The smallest absolute Gasteiger partial charge is 0.00992 e. The van der Waals surface area contributed by atoms with Crippen molar-refractivity contribution < 1.29 is 0 Å². The van der Waals surface area contributed by atoms with Crippen molar-refractivity contribution in [2.24, 2.45) is 0 Å². The largest absolute Gasteiger partial charge is 0.297 e. The summed E-state index contributed by atoms with van der Waals surface area (Å²) in [5.74, 6) is 0. The van der Waals surface area contributed by atoms with E-state index in [1.165, 1.54) is 51.5 Å². The molecule has 0 bridgehead atoms. The summed E-state index contributed by atoms with van der Waals surface area (Å²) >= 11 is 0. The van der Waals surface area contributed by atoms with Crippen LogP contribution in [0.15, 0.2) is 0 Å². The van der Waals surface area contributed by atoms with Gasteiger partial charge in [-0.15, -0.1) is 0 Å². The third kappa shape index (κ3) is 1.52. The molecule has 2 heterocycles. The first kappa shape index (κ1) is 8.55. The molecule has 12 heavy (non-hydrogen) atoms. The fourth-order valence-electron chi connectivity index (χ4n) is 2.95. The van der Waals surface area contributed by atoms with Crippen molar-refractivity contribution in [3.05, 3.63) is 0 Å². The normalized spacial score (nSPS) is 35.8. The summed E-state index contributed by atoms with van der Waals surface area (Å²) in [6, 6.07) is 1.96. The van der Waals surface area contributed by atoms with Crippen molar-refractivity contribution in [1.82, 2.24) is 4.90 Å². The van der Waals surface area contributed by atoms with E-state index in [9.17, 15) is 0 Å². The van der Waals surface area contributed by atoms with Crippen LogP contribution in [0.3, 0.4) is 0 Å². The van der Waals surface area contributed by atoms with Gasteiger partial charge in [-0.2, -0.15) is 0 Å². The molecule has 0 aromatic carbocycles. The van der Waals surface area contributed by atoms with Crippen LogP contribution in [-0.4, -0.2) is 23.5 Å². The van der Waals surface area contributed by atoms with Crippen molar-refractivity contribution in [3.63, 3.8) is 0 Å². The second-order valence-electron chi connectivity index (χ2n) is 4.41. The molecule has 0 amide bonds. The highest BCUT2D eigenvalue weighted by atomic mass is 15.2. The van der Waals surface area contributed by atoms with E-state index in [4.69, 9.17) is 0 Å². The van der Waals surface area contributed by atoms with Crippen LogP contribution >= 0.6 is 0 Å². The maximum absolute atomic E-state index is 2.79. The van der Waals surface area contributed by atoms with Gasteiger partial charge in [0.05, 0.1) is 0 Å². The van der Waals surface area contributed by atoms with E-state index in [1.54, 1.807) is 0 Å². The molecule has 2 unspecified atom stereocenters. The standard InChI is InChI=1S/C11H21N/c1-2-3-5-10-7-8-11-6-4-9-12(10)11/h10-11H,2-9H2,1H3. The summed E-state index contributed by atoms with van der Waals surface area (Å²) in [4.78, 5) is 2.79. The number of fused-ring (bicyclic) bond motifs is 1. The molecule has 0 radical (unpaired) electrons. The van der Waals surface area contributed by atoms with Crippen LogP contribution < -0.4 is 0 Å². The van der Waals surface area contributed by atoms with Gasteiger partial charge in [-0.05, 0) is 38.6 Å². The van der Waals surface area contributed by atoms with E-state index in [1.807, 2.05) is 0 Å². The van der Waals surface area contributed by atoms with Crippen molar-refractivity contribution in [3.8, 4) is 0 Å². The van der Waals surface area contributed by atoms with Crippen LogP contribution in [0.25, 0.3) is 0 Å². The Labute approximate surface area is 76.1 Å². The molecule has 0 spiro atoms. The zero-order valence-electron chi connectivity index (χ0n) is 8.26. The number of hydrogen-bond acceptors (Lipinski definition) is 1. The molecule has 2 aliphatic heterocycles. The summed E-state index contributed by atoms with van der Waals surface area (Å²) in [5, 5.41) is 0. The lowest BCUT2D eigenvalue weighted by Crippen LogP contribution is -2.30. The summed E-state index contributed by atoms with van der Waals surface area (Å²) in [5.41, 5.74) is 0. The van der Waals surface area contributed by atoms with Gasteiger partial charge in [-0.1, -0.05) is 19.8 Å². The van der Waals surface area contributed by atoms with E-state index < -0.39 is 0 Å². The Morgan fingerprint density at radius 1 is 1.25 bits per heavy atom. The van der Waals surface area contributed by atoms with Crippen LogP contribution in [0.2, 0.25) is 0 Å². The van der Waals surface area contributed by atoms with Crippen molar-refractivity contribution in [2.45, 2.75) is 64.0 Å². The van der Waals surface area contributed by atoms with Gasteiger partial charge in [0, 0.05) is 12.1 Å². The predicted octanol–water partition coefficient (Wildman–Crippen LogP) is 2.80. The summed E-state index contributed by atoms with van der Waals surface area (Å²) < 4.78 is 0. The fraction of sp³-hybridized carbons (Fsp3) is 1.00. The summed E-state index contributed by atoms with van der Waals surface area (Å²) in [6.07, 6.45) is 10.2. The molecular formula is C11H21N. The average molecular weight is 167 g/mol. The van der Waals surface area contributed by atoms with Gasteiger partial charge in [0.2, 0.25) is 0 Å². The molecule has 70 valence electrons. The van der Waals surface area contributed by atoms with Gasteiger partial charge in [0.1, 0.15) is 0 Å². The third-order valence-electron chi connectivity index (χ3n) is 3.62. The molecule has 0 aromatic heterocycles. The average Bonchev–Trinajstić information content (AvgIpc) is 2.62. The Bertz CT molecular complexity index is 144. The van der Waals surface area contributed by atoms with Crippen LogP contribution in [0.4, 0.5) is 0 Å². The molecule has 2 aliphatic rings. The first-order chi connectivity index (χ1) is 5.92. The number of hydrogen-bond donors (Lipinski definition) is 0. The molecule has 0 aliphatic carbocycles. The molecule has 0 saturated carbocycles. The fourth-order valence-corrected chi connectivity index (χ4v) is 2.95. The van der Waals surface area contributed by atoms with E-state index in [-0.39, 0.29) is 0 Å². The summed E-state index contributed by atoms with van der Waals surface area (Å²) in [6.45, 7) is 3.70. The van der Waals surface area contributed by atoms with Crippen LogP contribution in [0.1, 0.15) is 51.9 Å². The molecule has 0 aromatic rings. The maximum Gasteiger partial charge on any atom is 0.00992 e. The maximum atomic E-state index is 2.79. The van der Waals surface area contributed by atoms with Gasteiger partial charge in [-0.25, -0.2) is 0 Å². The Balaban J connectivity index is 1.83. The van der Waals surface area contributed by atoms with Crippen molar-refractivity contribution in [2.75, 3.05) is 6.54 Å². The zero-order chi connectivity index (χ0) is 8.39.